The Morgan fingerprint density at radius 2 is 1.93 bits per heavy atom. The number of aliphatic hydroxyl groups excluding tert-OH is 1. The monoisotopic (exact) mass is 455 g/mol. The van der Waals surface area contributed by atoms with Gasteiger partial charge in [0.15, 0.2) is 11.0 Å². The van der Waals surface area contributed by atoms with E-state index in [1.54, 1.807) is 12.3 Å². The lowest BCUT2D eigenvalue weighted by molar-refractivity contribution is 0.141. The minimum absolute atomic E-state index is 0.0297. The lowest BCUT2D eigenvalue weighted by atomic mass is 9.74. The number of pyridine rings is 1. The van der Waals surface area contributed by atoms with Crippen molar-refractivity contribution in [3.63, 3.8) is 0 Å². The lowest BCUT2D eigenvalue weighted by Gasteiger charge is -2.42. The quantitative estimate of drug-likeness (QED) is 0.513. The maximum atomic E-state index is 9.98. The molecule has 2 aromatic heterocycles. The van der Waals surface area contributed by atoms with E-state index in [0.717, 1.165) is 38.2 Å². The number of nitrogens with zero attached hydrogens (tertiary/aromatic N) is 4. The van der Waals surface area contributed by atoms with Crippen molar-refractivity contribution in [3.05, 3.63) is 22.4 Å². The third-order valence-electron chi connectivity index (χ3n) is 5.90. The summed E-state index contributed by atoms with van der Waals surface area (Å²) >= 11 is 13.4. The van der Waals surface area contributed by atoms with Crippen LogP contribution in [0.15, 0.2) is 22.2 Å². The highest BCUT2D eigenvalue weighted by Crippen LogP contribution is 2.46. The van der Waals surface area contributed by atoms with Crippen LogP contribution in [-0.2, 0) is 0 Å². The van der Waals surface area contributed by atoms with Gasteiger partial charge in [-0.1, -0.05) is 35.0 Å². The van der Waals surface area contributed by atoms with Crippen LogP contribution >= 0.6 is 35.0 Å². The van der Waals surface area contributed by atoms with Gasteiger partial charge < -0.3 is 27.2 Å². The number of halogens is 2. The van der Waals surface area contributed by atoms with E-state index in [1.807, 2.05) is 0 Å². The molecule has 29 heavy (non-hydrogen) atoms. The minimum atomic E-state index is -0.286. The molecule has 1 spiro atoms. The van der Waals surface area contributed by atoms with Crippen LogP contribution in [-0.4, -0.2) is 45.3 Å². The van der Waals surface area contributed by atoms with Gasteiger partial charge in [-0.2, -0.15) is 0 Å². The molecule has 2 aliphatic rings. The smallest absolute Gasteiger partial charge is 0.158 e. The van der Waals surface area contributed by atoms with Crippen LogP contribution < -0.4 is 22.1 Å². The zero-order chi connectivity index (χ0) is 20.8. The minimum Gasteiger partial charge on any atom is -0.393 e. The highest BCUT2D eigenvalue weighted by molar-refractivity contribution is 7.99. The standard InChI is InChI=1S/C18H23Cl2N7OS/c19-14-10(6-12(22)25-15(14)20)29-17-16(23)26-13(8-24-17)27-3-1-18(2-4-27)7-9(28)5-11(18)21/h6,8-9,11,28H,1-5,7,21H2,(H2,22,25)(H2,23,26)/t9-,11-/m1/s1. The second-order valence-electron chi connectivity index (χ2n) is 7.72. The zero-order valence-electron chi connectivity index (χ0n) is 15.7. The SMILES string of the molecule is Nc1cc(Sc2ncc(N3CCC4(CC3)C[C@H](O)C[C@H]4N)nc2N)c(Cl)c(Cl)n1. The van der Waals surface area contributed by atoms with Crippen molar-refractivity contribution in [2.24, 2.45) is 11.1 Å². The summed E-state index contributed by atoms with van der Waals surface area (Å²) in [5.41, 5.74) is 18.2. The van der Waals surface area contributed by atoms with Gasteiger partial charge in [0.25, 0.3) is 0 Å². The van der Waals surface area contributed by atoms with Crippen LogP contribution in [0.2, 0.25) is 10.2 Å². The van der Waals surface area contributed by atoms with E-state index >= 15 is 0 Å². The molecule has 8 nitrogen and oxygen atoms in total. The highest BCUT2D eigenvalue weighted by atomic mass is 35.5. The van der Waals surface area contributed by atoms with Crippen LogP contribution in [0.3, 0.4) is 0 Å². The first-order valence-corrected chi connectivity index (χ1v) is 10.9. The number of nitrogen functional groups attached to an aromatic ring is 2. The van der Waals surface area contributed by atoms with Crippen molar-refractivity contribution in [1.82, 2.24) is 15.0 Å². The lowest BCUT2D eigenvalue weighted by Crippen LogP contribution is -2.47. The number of aliphatic hydroxyl groups is 1. The predicted molar refractivity (Wildman–Crippen MR) is 116 cm³/mol. The second-order valence-corrected chi connectivity index (χ2v) is 9.49. The van der Waals surface area contributed by atoms with Crippen molar-refractivity contribution in [1.29, 1.82) is 0 Å². The molecule has 1 aliphatic carbocycles. The molecular weight excluding hydrogens is 433 g/mol. The average Bonchev–Trinajstić information content (AvgIpc) is 2.94. The number of nitrogens with two attached hydrogens (primary N) is 3. The Hall–Kier alpha value is -1.52. The number of aromatic nitrogens is 3. The third-order valence-corrected chi connectivity index (χ3v) is 7.81. The predicted octanol–water partition coefficient (Wildman–Crippen LogP) is 2.56. The molecule has 2 fully saturated rings. The Labute approximate surface area is 183 Å². The van der Waals surface area contributed by atoms with Crippen LogP contribution in [0.25, 0.3) is 0 Å². The van der Waals surface area contributed by atoms with Crippen LogP contribution in [0.1, 0.15) is 25.7 Å². The Morgan fingerprint density at radius 1 is 1.21 bits per heavy atom. The normalized spacial score (nSPS) is 23.7. The molecule has 7 N–H and O–H groups in total. The van der Waals surface area contributed by atoms with Gasteiger partial charge in [-0.05, 0) is 37.2 Å². The summed E-state index contributed by atoms with van der Waals surface area (Å²) in [6, 6.07) is 1.68. The maximum Gasteiger partial charge on any atom is 0.158 e. The van der Waals surface area contributed by atoms with Gasteiger partial charge in [-0.3, -0.25) is 0 Å². The summed E-state index contributed by atoms with van der Waals surface area (Å²) in [6.45, 7) is 1.62. The Balaban J connectivity index is 1.47. The van der Waals surface area contributed by atoms with Crippen molar-refractivity contribution in [2.75, 3.05) is 29.5 Å². The summed E-state index contributed by atoms with van der Waals surface area (Å²) in [7, 11) is 0. The molecule has 0 amide bonds. The van der Waals surface area contributed by atoms with E-state index in [2.05, 4.69) is 19.9 Å². The van der Waals surface area contributed by atoms with E-state index in [4.69, 9.17) is 40.4 Å². The van der Waals surface area contributed by atoms with Gasteiger partial charge in [0.2, 0.25) is 0 Å². The van der Waals surface area contributed by atoms with Crippen LogP contribution in [0.4, 0.5) is 17.5 Å². The van der Waals surface area contributed by atoms with Gasteiger partial charge in [-0.15, -0.1) is 0 Å². The van der Waals surface area contributed by atoms with Gasteiger partial charge in [-0.25, -0.2) is 15.0 Å². The first-order valence-electron chi connectivity index (χ1n) is 9.38. The van der Waals surface area contributed by atoms with E-state index in [-0.39, 0.29) is 28.5 Å². The molecule has 11 heteroatoms. The molecule has 0 radical (unpaired) electrons. The number of hydrogen-bond acceptors (Lipinski definition) is 9. The van der Waals surface area contributed by atoms with E-state index in [1.165, 1.54) is 11.8 Å². The number of rotatable bonds is 3. The molecule has 1 saturated carbocycles. The Kier molecular flexibility index (Phi) is 5.69. The van der Waals surface area contributed by atoms with Gasteiger partial charge in [0.05, 0.1) is 17.3 Å². The number of piperidine rings is 1. The molecule has 3 heterocycles. The molecule has 0 unspecified atom stereocenters. The summed E-state index contributed by atoms with van der Waals surface area (Å²) in [4.78, 5) is 15.7. The van der Waals surface area contributed by atoms with Crippen LogP contribution in [0.5, 0.6) is 0 Å². The van der Waals surface area contributed by atoms with E-state index < -0.39 is 0 Å². The van der Waals surface area contributed by atoms with E-state index in [9.17, 15) is 5.11 Å². The van der Waals surface area contributed by atoms with Gasteiger partial charge >= 0.3 is 0 Å². The molecule has 0 bridgehead atoms. The Morgan fingerprint density at radius 3 is 2.55 bits per heavy atom. The van der Waals surface area contributed by atoms with Crippen molar-refractivity contribution >= 4 is 52.4 Å². The fourth-order valence-corrected chi connectivity index (χ4v) is 5.59. The third kappa shape index (κ3) is 4.06. The van der Waals surface area contributed by atoms with Gasteiger partial charge in [0.1, 0.15) is 16.7 Å². The first-order chi connectivity index (χ1) is 13.8. The summed E-state index contributed by atoms with van der Waals surface area (Å²) < 4.78 is 0. The fraction of sp³-hybridized carbons (Fsp3) is 0.500. The molecular formula is C18H23Cl2N7OS. The van der Waals surface area contributed by atoms with Crippen molar-refractivity contribution in [2.45, 2.75) is 47.8 Å². The van der Waals surface area contributed by atoms with Gasteiger partial charge in [0, 0.05) is 24.0 Å². The maximum absolute atomic E-state index is 9.98. The Bertz CT molecular complexity index is 923. The summed E-state index contributed by atoms with van der Waals surface area (Å²) in [5, 5.41) is 10.9. The zero-order valence-corrected chi connectivity index (χ0v) is 18.0. The number of anilines is 3. The topological polar surface area (TPSA) is 140 Å². The summed E-state index contributed by atoms with van der Waals surface area (Å²) in [6.07, 6.45) is 4.74. The van der Waals surface area contributed by atoms with Crippen LogP contribution in [0, 0.1) is 5.41 Å². The fourth-order valence-electron chi connectivity index (χ4n) is 4.29. The molecule has 156 valence electrons. The highest BCUT2D eigenvalue weighted by Gasteiger charge is 2.46. The van der Waals surface area contributed by atoms with Crippen molar-refractivity contribution in [3.8, 4) is 0 Å². The molecule has 2 atom stereocenters. The molecule has 1 aliphatic heterocycles. The second kappa shape index (κ2) is 7.96. The molecule has 4 rings (SSSR count). The average molecular weight is 456 g/mol. The first kappa shape index (κ1) is 20.7. The van der Waals surface area contributed by atoms with E-state index in [0.29, 0.717) is 27.2 Å². The molecule has 0 aromatic carbocycles. The summed E-state index contributed by atoms with van der Waals surface area (Å²) in [5.74, 6) is 1.30. The molecule has 1 saturated heterocycles. The molecule has 2 aromatic rings. The number of hydrogen-bond donors (Lipinski definition) is 4. The largest absolute Gasteiger partial charge is 0.393 e. The van der Waals surface area contributed by atoms with Crippen molar-refractivity contribution < 1.29 is 5.11 Å².